The zero-order chi connectivity index (χ0) is 27.9. The van der Waals surface area contributed by atoms with Crippen LogP contribution in [0, 0.1) is 0 Å². The number of aromatic nitrogens is 4. The Balaban J connectivity index is 1.23. The maximum atomic E-state index is 13.3. The SMILES string of the molecule is COc1cc2c(cc1Nc1nc(Nc3cccc4c[nH]c(O)c34)c3cc[nH]c3n1)N(C(=O)CN1CCCC1)CCC2. The first-order chi connectivity index (χ1) is 20.1. The maximum Gasteiger partial charge on any atom is 0.241 e. The molecule has 11 nitrogen and oxygen atoms in total. The predicted octanol–water partition coefficient (Wildman–Crippen LogP) is 5.02. The minimum Gasteiger partial charge on any atom is -0.495 e. The monoisotopic (exact) mass is 552 g/mol. The molecule has 5 heterocycles. The number of carbonyl (C=O) groups is 1. The average Bonchev–Trinajstić information content (AvgIpc) is 3.75. The highest BCUT2D eigenvalue weighted by molar-refractivity contribution is 6.01. The summed E-state index contributed by atoms with van der Waals surface area (Å²) in [6, 6.07) is 11.6. The lowest BCUT2D eigenvalue weighted by Gasteiger charge is -2.32. The second-order valence-corrected chi connectivity index (χ2v) is 10.6. The number of ether oxygens (including phenoxy) is 1. The first kappa shape index (κ1) is 25.2. The first-order valence-electron chi connectivity index (χ1n) is 14.0. The van der Waals surface area contributed by atoms with Crippen LogP contribution in [0.2, 0.25) is 0 Å². The van der Waals surface area contributed by atoms with Gasteiger partial charge in [0.15, 0.2) is 5.88 Å². The van der Waals surface area contributed by atoms with Crippen molar-refractivity contribution >= 4 is 56.5 Å². The second-order valence-electron chi connectivity index (χ2n) is 10.6. The molecule has 0 bridgehead atoms. The smallest absolute Gasteiger partial charge is 0.241 e. The molecule has 0 radical (unpaired) electrons. The highest BCUT2D eigenvalue weighted by Crippen LogP contribution is 2.39. The number of hydrogen-bond acceptors (Lipinski definition) is 8. The van der Waals surface area contributed by atoms with Gasteiger partial charge >= 0.3 is 0 Å². The van der Waals surface area contributed by atoms with Gasteiger partial charge in [-0.05, 0) is 68.6 Å². The minimum atomic E-state index is 0.0865. The summed E-state index contributed by atoms with van der Waals surface area (Å²) in [6.45, 7) is 3.10. The van der Waals surface area contributed by atoms with Gasteiger partial charge < -0.3 is 35.3 Å². The number of anilines is 5. The van der Waals surface area contributed by atoms with Gasteiger partial charge in [-0.1, -0.05) is 12.1 Å². The van der Waals surface area contributed by atoms with Crippen LogP contribution in [-0.4, -0.2) is 69.1 Å². The van der Waals surface area contributed by atoms with E-state index in [4.69, 9.17) is 14.7 Å². The molecule has 2 aromatic carbocycles. The molecule has 0 saturated carbocycles. The number of aromatic hydroxyl groups is 1. The molecule has 5 N–H and O–H groups in total. The number of rotatable bonds is 7. The van der Waals surface area contributed by atoms with Crippen LogP contribution >= 0.6 is 0 Å². The number of amides is 1. The van der Waals surface area contributed by atoms with Gasteiger partial charge in [-0.3, -0.25) is 9.69 Å². The number of benzene rings is 2. The van der Waals surface area contributed by atoms with Crippen molar-refractivity contribution in [2.45, 2.75) is 25.7 Å². The molecule has 0 aliphatic carbocycles. The number of nitrogens with one attached hydrogen (secondary N) is 4. The van der Waals surface area contributed by atoms with E-state index in [1.54, 1.807) is 13.3 Å². The Bertz CT molecular complexity index is 1750. The van der Waals surface area contributed by atoms with Crippen LogP contribution < -0.4 is 20.3 Å². The molecule has 0 atom stereocenters. The van der Waals surface area contributed by atoms with E-state index in [0.717, 1.165) is 60.8 Å². The summed E-state index contributed by atoms with van der Waals surface area (Å²) in [4.78, 5) is 33.0. The number of nitrogens with zero attached hydrogens (tertiary/aromatic N) is 4. The summed E-state index contributed by atoms with van der Waals surface area (Å²) in [7, 11) is 1.64. The van der Waals surface area contributed by atoms with Gasteiger partial charge in [-0.25, -0.2) is 0 Å². The van der Waals surface area contributed by atoms with Crippen molar-refractivity contribution in [2.24, 2.45) is 0 Å². The van der Waals surface area contributed by atoms with Gasteiger partial charge in [0.05, 0.1) is 35.8 Å². The van der Waals surface area contributed by atoms with Gasteiger partial charge in [-0.2, -0.15) is 9.97 Å². The Morgan fingerprint density at radius 2 is 1.93 bits per heavy atom. The molecule has 1 fully saturated rings. The van der Waals surface area contributed by atoms with E-state index in [1.807, 2.05) is 47.5 Å². The molecule has 5 aromatic rings. The van der Waals surface area contributed by atoms with Crippen molar-refractivity contribution in [3.63, 3.8) is 0 Å². The van der Waals surface area contributed by atoms with Gasteiger partial charge in [-0.15, -0.1) is 0 Å². The fourth-order valence-electron chi connectivity index (χ4n) is 5.97. The number of H-pyrrole nitrogens is 2. The lowest BCUT2D eigenvalue weighted by atomic mass is 10.00. The quantitative estimate of drug-likeness (QED) is 0.190. The molecule has 210 valence electrons. The zero-order valence-electron chi connectivity index (χ0n) is 22.8. The predicted molar refractivity (Wildman–Crippen MR) is 160 cm³/mol. The van der Waals surface area contributed by atoms with E-state index in [2.05, 4.69) is 25.5 Å². The topological polar surface area (TPSA) is 134 Å². The molecule has 7 rings (SSSR count). The Kier molecular flexibility index (Phi) is 6.35. The highest BCUT2D eigenvalue weighted by atomic mass is 16.5. The van der Waals surface area contributed by atoms with Crippen molar-refractivity contribution < 1.29 is 14.6 Å². The van der Waals surface area contributed by atoms with Crippen molar-refractivity contribution in [1.82, 2.24) is 24.8 Å². The summed E-state index contributed by atoms with van der Waals surface area (Å²) < 4.78 is 5.75. The van der Waals surface area contributed by atoms with Gasteiger partial charge in [0.2, 0.25) is 11.9 Å². The van der Waals surface area contributed by atoms with Crippen LogP contribution in [0.1, 0.15) is 24.8 Å². The molecule has 0 spiro atoms. The Labute approximate surface area is 236 Å². The van der Waals surface area contributed by atoms with E-state index in [1.165, 1.54) is 0 Å². The molecule has 11 heteroatoms. The Morgan fingerprint density at radius 3 is 2.78 bits per heavy atom. The van der Waals surface area contributed by atoms with Gasteiger partial charge in [0.25, 0.3) is 0 Å². The molecule has 3 aromatic heterocycles. The third-order valence-electron chi connectivity index (χ3n) is 7.99. The van der Waals surface area contributed by atoms with E-state index in [0.29, 0.717) is 53.0 Å². The number of aryl methyl sites for hydroxylation is 1. The number of aromatic amines is 2. The lowest BCUT2D eigenvalue weighted by molar-refractivity contribution is -0.119. The fraction of sp³-hybridized carbons (Fsp3) is 0.300. The maximum absolute atomic E-state index is 13.3. The van der Waals surface area contributed by atoms with Crippen LogP contribution in [0.4, 0.5) is 28.8 Å². The van der Waals surface area contributed by atoms with Gasteiger partial charge in [0, 0.05) is 30.0 Å². The molecule has 1 amide bonds. The molecular weight excluding hydrogens is 520 g/mol. The van der Waals surface area contributed by atoms with E-state index >= 15 is 0 Å². The zero-order valence-corrected chi connectivity index (χ0v) is 22.8. The number of hydrogen-bond donors (Lipinski definition) is 5. The van der Waals surface area contributed by atoms with Gasteiger partial charge in [0.1, 0.15) is 17.2 Å². The van der Waals surface area contributed by atoms with Crippen LogP contribution in [0.15, 0.2) is 48.8 Å². The van der Waals surface area contributed by atoms with Crippen LogP contribution in [0.3, 0.4) is 0 Å². The first-order valence-corrected chi connectivity index (χ1v) is 14.0. The standard InChI is InChI=1S/C30H32N8O3/c1-41-24-14-18-7-5-13-38(25(39)17-37-11-2-3-12-37)23(18)15-22(24)34-30-35-27-20(9-10-31-27)28(36-30)33-21-8-4-6-19-16-32-29(40)26(19)21/h4,6,8-10,14-16,32,40H,2-3,5,7,11-13,17H2,1H3,(H3,31,33,34,35,36). The van der Waals surface area contributed by atoms with Crippen molar-refractivity contribution in [3.8, 4) is 11.6 Å². The number of carbonyl (C=O) groups excluding carboxylic acids is 1. The van der Waals surface area contributed by atoms with E-state index in [9.17, 15) is 9.90 Å². The third kappa shape index (κ3) is 4.67. The molecular formula is C30H32N8O3. The number of methoxy groups -OCH3 is 1. The number of likely N-dealkylation sites (tertiary alicyclic amines) is 1. The van der Waals surface area contributed by atoms with E-state index < -0.39 is 0 Å². The summed E-state index contributed by atoms with van der Waals surface area (Å²) >= 11 is 0. The summed E-state index contributed by atoms with van der Waals surface area (Å²) in [6.07, 6.45) is 7.68. The van der Waals surface area contributed by atoms with Crippen LogP contribution in [0.25, 0.3) is 21.8 Å². The third-order valence-corrected chi connectivity index (χ3v) is 7.99. The van der Waals surface area contributed by atoms with Crippen LogP contribution in [0.5, 0.6) is 11.6 Å². The Hall–Kier alpha value is -4.77. The largest absolute Gasteiger partial charge is 0.495 e. The summed E-state index contributed by atoms with van der Waals surface area (Å²) in [5.74, 6) is 1.80. The highest BCUT2D eigenvalue weighted by Gasteiger charge is 2.27. The lowest BCUT2D eigenvalue weighted by Crippen LogP contribution is -2.42. The molecule has 2 aliphatic heterocycles. The summed E-state index contributed by atoms with van der Waals surface area (Å²) in [5.41, 5.74) is 4.03. The van der Waals surface area contributed by atoms with Crippen LogP contribution in [-0.2, 0) is 11.2 Å². The number of fused-ring (bicyclic) bond motifs is 3. The molecule has 0 unspecified atom stereocenters. The second kappa shape index (κ2) is 10.3. The Morgan fingerprint density at radius 1 is 1.05 bits per heavy atom. The summed E-state index contributed by atoms with van der Waals surface area (Å²) in [5, 5.41) is 19.5. The normalized spacial score (nSPS) is 15.4. The fourth-order valence-corrected chi connectivity index (χ4v) is 5.97. The molecule has 1 saturated heterocycles. The van der Waals surface area contributed by atoms with Crippen molar-refractivity contribution in [2.75, 3.05) is 48.8 Å². The molecule has 41 heavy (non-hydrogen) atoms. The van der Waals surface area contributed by atoms with Crippen molar-refractivity contribution in [1.29, 1.82) is 0 Å². The van der Waals surface area contributed by atoms with E-state index in [-0.39, 0.29) is 11.8 Å². The minimum absolute atomic E-state index is 0.0865. The average molecular weight is 553 g/mol. The molecule has 2 aliphatic rings. The van der Waals surface area contributed by atoms with Crippen molar-refractivity contribution in [3.05, 3.63) is 54.4 Å².